The standard InChI is InChI=1S/C30H34F3N7O3/c1-19(41)38-15-12-26-24(18-38)28(20-6-8-21(9-7-20)30(31,32)33)36-39(26)17-23(42)16-37-13-10-22(11-14-37)35-40-27-5-3-2-4-25(27)34-29(40)43/h2-9,22-23,35,42H,10-18H2,1H3,(H,34,43). The van der Waals surface area contributed by atoms with Crippen molar-refractivity contribution in [1.29, 1.82) is 0 Å². The molecule has 2 aromatic carbocycles. The second-order valence-corrected chi connectivity index (χ2v) is 11.4. The van der Waals surface area contributed by atoms with Crippen LogP contribution in [0.25, 0.3) is 22.3 Å². The molecule has 3 N–H and O–H groups in total. The maximum Gasteiger partial charge on any atom is 0.416 e. The van der Waals surface area contributed by atoms with E-state index in [-0.39, 0.29) is 24.2 Å². The predicted octanol–water partition coefficient (Wildman–Crippen LogP) is 3.19. The molecule has 43 heavy (non-hydrogen) atoms. The van der Waals surface area contributed by atoms with Gasteiger partial charge in [-0.2, -0.15) is 18.3 Å². The van der Waals surface area contributed by atoms with Gasteiger partial charge in [0.05, 0.1) is 34.9 Å². The lowest BCUT2D eigenvalue weighted by Gasteiger charge is -2.34. The van der Waals surface area contributed by atoms with Gasteiger partial charge in [-0.15, -0.1) is 0 Å². The van der Waals surface area contributed by atoms with Crippen LogP contribution in [0.3, 0.4) is 0 Å². The first-order valence-electron chi connectivity index (χ1n) is 14.4. The summed E-state index contributed by atoms with van der Waals surface area (Å²) >= 11 is 0. The minimum Gasteiger partial charge on any atom is -0.390 e. The number of aromatic nitrogens is 4. The number of hydrogen-bond acceptors (Lipinski definition) is 6. The molecule has 1 unspecified atom stereocenters. The summed E-state index contributed by atoms with van der Waals surface area (Å²) in [5.41, 5.74) is 6.72. The van der Waals surface area contributed by atoms with Crippen LogP contribution in [0.1, 0.15) is 36.6 Å². The number of para-hydroxylation sites is 2. The average molecular weight is 598 g/mol. The lowest BCUT2D eigenvalue weighted by molar-refractivity contribution is -0.137. The number of likely N-dealkylation sites (tertiary alicyclic amines) is 1. The van der Waals surface area contributed by atoms with Gasteiger partial charge in [0.2, 0.25) is 5.91 Å². The number of aliphatic hydroxyl groups is 1. The van der Waals surface area contributed by atoms with Gasteiger partial charge in [0.25, 0.3) is 0 Å². The molecule has 0 aliphatic carbocycles. The SMILES string of the molecule is CC(=O)N1CCc2c(c(-c3ccc(C(F)(F)F)cc3)nn2CC(O)CN2CCC(Nn3c(=O)[nH]c4ccccc43)CC2)C1. The Kier molecular flexibility index (Phi) is 7.77. The number of piperidine rings is 1. The van der Waals surface area contributed by atoms with Gasteiger partial charge in [-0.3, -0.25) is 9.48 Å². The molecule has 1 fully saturated rings. The number of carbonyl (C=O) groups excluding carboxylic acids is 1. The number of H-pyrrole nitrogens is 1. The third-order valence-electron chi connectivity index (χ3n) is 8.41. The molecule has 4 aromatic rings. The molecule has 10 nitrogen and oxygen atoms in total. The van der Waals surface area contributed by atoms with E-state index in [4.69, 9.17) is 5.10 Å². The van der Waals surface area contributed by atoms with E-state index in [0.29, 0.717) is 37.3 Å². The number of β-amino-alcohol motifs (C(OH)–C–C–N with tert-alkyl or cyclic N) is 1. The van der Waals surface area contributed by atoms with E-state index in [1.807, 2.05) is 24.3 Å². The van der Waals surface area contributed by atoms with Gasteiger partial charge >= 0.3 is 11.9 Å². The summed E-state index contributed by atoms with van der Waals surface area (Å²) in [5, 5.41) is 15.8. The highest BCUT2D eigenvalue weighted by Crippen LogP contribution is 2.34. The Bertz CT molecular complexity index is 1670. The van der Waals surface area contributed by atoms with Gasteiger partial charge in [-0.05, 0) is 37.1 Å². The molecule has 1 atom stereocenters. The van der Waals surface area contributed by atoms with E-state index in [2.05, 4.69) is 15.3 Å². The smallest absolute Gasteiger partial charge is 0.390 e. The molecule has 228 valence electrons. The van der Waals surface area contributed by atoms with Crippen LogP contribution >= 0.6 is 0 Å². The minimum absolute atomic E-state index is 0.0794. The number of nitrogens with one attached hydrogen (secondary N) is 2. The number of benzene rings is 2. The quantitative estimate of drug-likeness (QED) is 0.302. The molecule has 6 rings (SSSR count). The zero-order chi connectivity index (χ0) is 30.3. The van der Waals surface area contributed by atoms with E-state index in [0.717, 1.165) is 60.4 Å². The second-order valence-electron chi connectivity index (χ2n) is 11.4. The molecule has 1 amide bonds. The second kappa shape index (κ2) is 11.5. The van der Waals surface area contributed by atoms with Crippen LogP contribution in [0.2, 0.25) is 0 Å². The topological polar surface area (TPSA) is 111 Å². The molecule has 4 heterocycles. The zero-order valence-electron chi connectivity index (χ0n) is 23.8. The van der Waals surface area contributed by atoms with E-state index in [9.17, 15) is 27.9 Å². The van der Waals surface area contributed by atoms with Crippen molar-refractivity contribution < 1.29 is 23.1 Å². The number of imidazole rings is 1. The third kappa shape index (κ3) is 6.04. The highest BCUT2D eigenvalue weighted by atomic mass is 19.4. The number of hydrogen-bond donors (Lipinski definition) is 3. The Balaban J connectivity index is 1.12. The predicted molar refractivity (Wildman–Crippen MR) is 155 cm³/mol. The molecule has 1 saturated heterocycles. The number of aromatic amines is 1. The normalized spacial score (nSPS) is 17.3. The molecule has 2 aromatic heterocycles. The molecule has 2 aliphatic heterocycles. The largest absolute Gasteiger partial charge is 0.416 e. The molecule has 13 heteroatoms. The van der Waals surface area contributed by atoms with Crippen LogP contribution < -0.4 is 11.1 Å². The number of alkyl halides is 3. The van der Waals surface area contributed by atoms with E-state index >= 15 is 0 Å². The molecular formula is C30H34F3N7O3. The number of rotatable bonds is 7. The van der Waals surface area contributed by atoms with Gasteiger partial charge in [-0.25, -0.2) is 9.47 Å². The summed E-state index contributed by atoms with van der Waals surface area (Å²) in [5.74, 6) is -0.0794. The number of nitrogens with zero attached hydrogens (tertiary/aromatic N) is 5. The van der Waals surface area contributed by atoms with Crippen LogP contribution in [-0.2, 0) is 30.5 Å². The number of amides is 1. The Labute approximate surface area is 245 Å². The van der Waals surface area contributed by atoms with Gasteiger partial charge < -0.3 is 25.3 Å². The number of halogens is 3. The van der Waals surface area contributed by atoms with Crippen molar-refractivity contribution in [3.8, 4) is 11.3 Å². The Morgan fingerprint density at radius 1 is 1.09 bits per heavy atom. The van der Waals surface area contributed by atoms with Crippen LogP contribution in [0.5, 0.6) is 0 Å². The van der Waals surface area contributed by atoms with Crippen LogP contribution in [0.15, 0.2) is 53.3 Å². The Hall–Kier alpha value is -4.10. The summed E-state index contributed by atoms with van der Waals surface area (Å²) < 4.78 is 42.7. The fraction of sp³-hybridized carbons (Fsp3) is 0.433. The summed E-state index contributed by atoms with van der Waals surface area (Å²) in [7, 11) is 0. The van der Waals surface area contributed by atoms with Crippen LogP contribution in [-0.4, -0.2) is 78.6 Å². The van der Waals surface area contributed by atoms with E-state index in [1.54, 1.807) is 14.3 Å². The molecule has 0 saturated carbocycles. The number of carbonyl (C=O) groups is 1. The summed E-state index contributed by atoms with van der Waals surface area (Å²) in [6.07, 6.45) is -3.02. The molecule has 0 radical (unpaired) electrons. The van der Waals surface area contributed by atoms with Crippen LogP contribution in [0.4, 0.5) is 13.2 Å². The van der Waals surface area contributed by atoms with E-state index in [1.165, 1.54) is 19.1 Å². The van der Waals surface area contributed by atoms with Gasteiger partial charge in [0.1, 0.15) is 0 Å². The minimum atomic E-state index is -4.44. The van der Waals surface area contributed by atoms with Crippen molar-refractivity contribution in [2.45, 2.75) is 57.6 Å². The lowest BCUT2D eigenvalue weighted by atomic mass is 10.00. The molecule has 0 bridgehead atoms. The van der Waals surface area contributed by atoms with Gasteiger partial charge in [0, 0.05) is 68.9 Å². The van der Waals surface area contributed by atoms with Crippen LogP contribution in [0, 0.1) is 0 Å². The fourth-order valence-electron chi connectivity index (χ4n) is 6.13. The van der Waals surface area contributed by atoms with Gasteiger partial charge in [0.15, 0.2) is 0 Å². The first kappa shape index (κ1) is 29.0. The van der Waals surface area contributed by atoms with E-state index < -0.39 is 17.8 Å². The highest BCUT2D eigenvalue weighted by Gasteiger charge is 2.32. The monoisotopic (exact) mass is 597 g/mol. The van der Waals surface area contributed by atoms with Crippen molar-refractivity contribution in [1.82, 2.24) is 29.2 Å². The first-order valence-corrected chi connectivity index (χ1v) is 14.4. The fourth-order valence-corrected chi connectivity index (χ4v) is 6.13. The van der Waals surface area contributed by atoms with Crippen molar-refractivity contribution in [3.05, 3.63) is 75.8 Å². The number of aliphatic hydroxyl groups excluding tert-OH is 1. The van der Waals surface area contributed by atoms with Crippen molar-refractivity contribution >= 4 is 16.9 Å². The molecule has 0 spiro atoms. The lowest BCUT2D eigenvalue weighted by Crippen LogP contribution is -2.46. The van der Waals surface area contributed by atoms with Crippen molar-refractivity contribution in [2.24, 2.45) is 0 Å². The summed E-state index contributed by atoms with van der Waals surface area (Å²) in [6, 6.07) is 12.5. The molecule has 2 aliphatic rings. The summed E-state index contributed by atoms with van der Waals surface area (Å²) in [6.45, 7) is 4.47. The van der Waals surface area contributed by atoms with Crippen molar-refractivity contribution in [2.75, 3.05) is 31.6 Å². The van der Waals surface area contributed by atoms with Crippen molar-refractivity contribution in [3.63, 3.8) is 0 Å². The maximum atomic E-state index is 13.1. The zero-order valence-corrected chi connectivity index (χ0v) is 23.8. The third-order valence-corrected chi connectivity index (χ3v) is 8.41. The Morgan fingerprint density at radius 2 is 1.81 bits per heavy atom. The Morgan fingerprint density at radius 3 is 2.51 bits per heavy atom. The van der Waals surface area contributed by atoms with Gasteiger partial charge in [-0.1, -0.05) is 24.3 Å². The highest BCUT2D eigenvalue weighted by molar-refractivity contribution is 5.75. The first-order chi connectivity index (χ1) is 20.6. The maximum absolute atomic E-state index is 13.1. The molecular weight excluding hydrogens is 563 g/mol. The summed E-state index contributed by atoms with van der Waals surface area (Å²) in [4.78, 5) is 31.3. The number of fused-ring (bicyclic) bond motifs is 2. The average Bonchev–Trinajstić information content (AvgIpc) is 3.50.